The van der Waals surface area contributed by atoms with Crippen molar-refractivity contribution in [1.82, 2.24) is 0 Å². The Kier molecular flexibility index (Phi) is 4.28. The fourth-order valence-electron chi connectivity index (χ4n) is 1.81. The third-order valence-corrected chi connectivity index (χ3v) is 3.00. The molecule has 0 amide bonds. The molecule has 0 aromatic rings. The van der Waals surface area contributed by atoms with Crippen molar-refractivity contribution in [3.8, 4) is 0 Å². The van der Waals surface area contributed by atoms with E-state index in [0.29, 0.717) is 6.42 Å². The third-order valence-electron chi connectivity index (χ3n) is 3.00. The van der Waals surface area contributed by atoms with Crippen LogP contribution < -0.4 is 0 Å². The first-order valence-corrected chi connectivity index (χ1v) is 5.72. The summed E-state index contributed by atoms with van der Waals surface area (Å²) < 4.78 is 0. The third kappa shape index (κ3) is 2.78. The van der Waals surface area contributed by atoms with Gasteiger partial charge in [0.15, 0.2) is 11.4 Å². The number of aliphatic hydroxyl groups is 1. The minimum atomic E-state index is -1.23. The van der Waals surface area contributed by atoms with E-state index < -0.39 is 5.60 Å². The standard InChI is InChI=1S/C13H20O2/c1-3-4-5-6-8-11(2)13(15)10-7-9-12(13)14/h7-9,15H,3-6,10H2,1-2H3. The van der Waals surface area contributed by atoms with Gasteiger partial charge >= 0.3 is 0 Å². The van der Waals surface area contributed by atoms with Crippen LogP contribution >= 0.6 is 0 Å². The molecule has 0 aliphatic heterocycles. The zero-order chi connectivity index (χ0) is 11.3. The monoisotopic (exact) mass is 208 g/mol. The van der Waals surface area contributed by atoms with Crippen LogP contribution in [0.25, 0.3) is 0 Å². The number of allylic oxidation sites excluding steroid dienone is 1. The highest BCUT2D eigenvalue weighted by Gasteiger charge is 2.37. The molecule has 0 aromatic heterocycles. The molecule has 15 heavy (non-hydrogen) atoms. The molecule has 1 unspecified atom stereocenters. The Labute approximate surface area is 91.7 Å². The van der Waals surface area contributed by atoms with Gasteiger partial charge in [0.05, 0.1) is 0 Å². The molecule has 0 heterocycles. The lowest BCUT2D eigenvalue weighted by molar-refractivity contribution is -0.127. The van der Waals surface area contributed by atoms with E-state index in [-0.39, 0.29) is 5.78 Å². The summed E-state index contributed by atoms with van der Waals surface area (Å²) in [6.07, 6.45) is 10.1. The van der Waals surface area contributed by atoms with Crippen molar-refractivity contribution in [2.45, 2.75) is 51.6 Å². The summed E-state index contributed by atoms with van der Waals surface area (Å²) in [5.41, 5.74) is -0.430. The van der Waals surface area contributed by atoms with E-state index in [1.54, 1.807) is 6.08 Å². The van der Waals surface area contributed by atoms with Crippen LogP contribution in [0.2, 0.25) is 0 Å². The predicted octanol–water partition coefficient (Wildman–Crippen LogP) is 2.77. The zero-order valence-corrected chi connectivity index (χ0v) is 9.62. The maximum atomic E-state index is 11.4. The molecule has 0 fully saturated rings. The second kappa shape index (κ2) is 5.26. The van der Waals surface area contributed by atoms with E-state index in [0.717, 1.165) is 18.4 Å². The van der Waals surface area contributed by atoms with Gasteiger partial charge in [-0.1, -0.05) is 31.9 Å². The molecule has 2 heteroatoms. The van der Waals surface area contributed by atoms with Gasteiger partial charge in [-0.3, -0.25) is 4.79 Å². The SMILES string of the molecule is CCCCCC=C(C)C1(O)CC=CC1=O. The van der Waals surface area contributed by atoms with E-state index in [9.17, 15) is 9.90 Å². The normalized spacial score (nSPS) is 26.3. The highest BCUT2D eigenvalue weighted by atomic mass is 16.3. The number of ketones is 1. The second-order valence-electron chi connectivity index (χ2n) is 4.21. The van der Waals surface area contributed by atoms with E-state index in [1.165, 1.54) is 18.9 Å². The van der Waals surface area contributed by atoms with Crippen LogP contribution in [0.5, 0.6) is 0 Å². The number of hydrogen-bond donors (Lipinski definition) is 1. The average molecular weight is 208 g/mol. The highest BCUT2D eigenvalue weighted by Crippen LogP contribution is 2.28. The molecule has 1 aliphatic carbocycles. The molecular formula is C13H20O2. The average Bonchev–Trinajstić information content (AvgIpc) is 2.55. The maximum absolute atomic E-state index is 11.4. The molecule has 0 saturated heterocycles. The van der Waals surface area contributed by atoms with E-state index in [2.05, 4.69) is 6.92 Å². The number of unbranched alkanes of at least 4 members (excludes halogenated alkanes) is 3. The summed E-state index contributed by atoms with van der Waals surface area (Å²) in [6, 6.07) is 0. The summed E-state index contributed by atoms with van der Waals surface area (Å²) in [7, 11) is 0. The summed E-state index contributed by atoms with van der Waals surface area (Å²) in [5.74, 6) is -0.174. The molecule has 84 valence electrons. The van der Waals surface area contributed by atoms with Gasteiger partial charge < -0.3 is 5.11 Å². The van der Waals surface area contributed by atoms with Gasteiger partial charge in [-0.05, 0) is 31.4 Å². The van der Waals surface area contributed by atoms with Crippen LogP contribution in [0, 0.1) is 0 Å². The fourth-order valence-corrected chi connectivity index (χ4v) is 1.81. The van der Waals surface area contributed by atoms with Gasteiger partial charge in [-0.25, -0.2) is 0 Å². The van der Waals surface area contributed by atoms with Gasteiger partial charge in [0.1, 0.15) is 0 Å². The molecule has 2 nitrogen and oxygen atoms in total. The molecular weight excluding hydrogens is 188 g/mol. The first kappa shape index (κ1) is 12.2. The summed E-state index contributed by atoms with van der Waals surface area (Å²) in [4.78, 5) is 11.4. The van der Waals surface area contributed by atoms with Gasteiger partial charge in [-0.2, -0.15) is 0 Å². The van der Waals surface area contributed by atoms with Crippen LogP contribution in [-0.2, 0) is 4.79 Å². The number of carbonyl (C=O) groups is 1. The van der Waals surface area contributed by atoms with Gasteiger partial charge in [-0.15, -0.1) is 0 Å². The molecule has 0 radical (unpaired) electrons. The van der Waals surface area contributed by atoms with Crippen LogP contribution in [0.15, 0.2) is 23.8 Å². The Hall–Kier alpha value is -0.890. The largest absolute Gasteiger partial charge is 0.377 e. The van der Waals surface area contributed by atoms with E-state index >= 15 is 0 Å². The first-order chi connectivity index (χ1) is 7.11. The van der Waals surface area contributed by atoms with Crippen molar-refractivity contribution >= 4 is 5.78 Å². The highest BCUT2D eigenvalue weighted by molar-refractivity contribution is 6.01. The fraction of sp³-hybridized carbons (Fsp3) is 0.615. The topological polar surface area (TPSA) is 37.3 Å². The van der Waals surface area contributed by atoms with Crippen molar-refractivity contribution in [2.75, 3.05) is 0 Å². The molecule has 1 aliphatic rings. The van der Waals surface area contributed by atoms with Gasteiger partial charge in [0.2, 0.25) is 0 Å². The Morgan fingerprint density at radius 2 is 2.33 bits per heavy atom. The Morgan fingerprint density at radius 3 is 2.87 bits per heavy atom. The minimum absolute atomic E-state index is 0.174. The Balaban J connectivity index is 2.52. The summed E-state index contributed by atoms with van der Waals surface area (Å²) in [6.45, 7) is 4.01. The lowest BCUT2D eigenvalue weighted by Crippen LogP contribution is -2.35. The summed E-state index contributed by atoms with van der Waals surface area (Å²) >= 11 is 0. The first-order valence-electron chi connectivity index (χ1n) is 5.72. The van der Waals surface area contributed by atoms with Gasteiger partial charge in [0, 0.05) is 6.42 Å². The van der Waals surface area contributed by atoms with Crippen LogP contribution in [0.4, 0.5) is 0 Å². The molecule has 0 saturated carbocycles. The molecule has 1 rings (SSSR count). The van der Waals surface area contributed by atoms with Crippen LogP contribution in [-0.4, -0.2) is 16.5 Å². The lowest BCUT2D eigenvalue weighted by atomic mass is 9.90. The van der Waals surface area contributed by atoms with Crippen molar-refractivity contribution in [3.05, 3.63) is 23.8 Å². The molecule has 1 atom stereocenters. The molecule has 0 bridgehead atoms. The van der Waals surface area contributed by atoms with Crippen molar-refractivity contribution in [1.29, 1.82) is 0 Å². The quantitative estimate of drug-likeness (QED) is 0.557. The minimum Gasteiger partial charge on any atom is -0.377 e. The lowest BCUT2D eigenvalue weighted by Gasteiger charge is -2.21. The molecule has 0 aromatic carbocycles. The van der Waals surface area contributed by atoms with E-state index in [1.807, 2.05) is 13.0 Å². The van der Waals surface area contributed by atoms with Gasteiger partial charge in [0.25, 0.3) is 0 Å². The van der Waals surface area contributed by atoms with Crippen LogP contribution in [0.1, 0.15) is 46.0 Å². The van der Waals surface area contributed by atoms with Crippen molar-refractivity contribution in [2.24, 2.45) is 0 Å². The van der Waals surface area contributed by atoms with Crippen molar-refractivity contribution < 1.29 is 9.90 Å². The number of carbonyl (C=O) groups excluding carboxylic acids is 1. The van der Waals surface area contributed by atoms with Crippen molar-refractivity contribution in [3.63, 3.8) is 0 Å². The second-order valence-corrected chi connectivity index (χ2v) is 4.21. The van der Waals surface area contributed by atoms with E-state index in [4.69, 9.17) is 0 Å². The number of hydrogen-bond acceptors (Lipinski definition) is 2. The summed E-state index contributed by atoms with van der Waals surface area (Å²) in [5, 5.41) is 10.1. The Bertz CT molecular complexity index is 289. The van der Waals surface area contributed by atoms with Crippen LogP contribution in [0.3, 0.4) is 0 Å². The maximum Gasteiger partial charge on any atom is 0.191 e. The predicted molar refractivity (Wildman–Crippen MR) is 61.6 cm³/mol. The molecule has 1 N–H and O–H groups in total. The number of rotatable bonds is 5. The molecule has 0 spiro atoms. The smallest absolute Gasteiger partial charge is 0.191 e. The zero-order valence-electron chi connectivity index (χ0n) is 9.62. The Morgan fingerprint density at radius 1 is 1.60 bits per heavy atom.